The van der Waals surface area contributed by atoms with E-state index in [0.29, 0.717) is 49.0 Å². The van der Waals surface area contributed by atoms with E-state index in [0.717, 1.165) is 51.4 Å². The molecule has 0 heterocycles. The Bertz CT molecular complexity index is 929. The summed E-state index contributed by atoms with van der Waals surface area (Å²) in [6.07, 6.45) is 10.1. The fourth-order valence-corrected chi connectivity index (χ4v) is 11.8. The Balaban J connectivity index is 1.36. The molecule has 5 nitrogen and oxygen atoms in total. The monoisotopic (exact) mass is 548 g/mol. The molecule has 0 unspecified atom stereocenters. The SMILES string of the molecule is CCOC(=O)CC[C@]1(O)[C@H]2CC[C@H]2[C@H]2[C@@H]3CC[C@]4(O)C[C@@H](O[Si](C)(C)C(C)(C)C)CC[C@]4(C)[C@H]3CC[C@@]21C. The maximum Gasteiger partial charge on any atom is 0.305 e. The van der Waals surface area contributed by atoms with Crippen LogP contribution in [-0.2, 0) is 14.0 Å². The number of carbonyl (C=O) groups is 1. The van der Waals surface area contributed by atoms with Crippen molar-refractivity contribution >= 4 is 14.3 Å². The highest BCUT2D eigenvalue weighted by Crippen LogP contribution is 2.75. The summed E-state index contributed by atoms with van der Waals surface area (Å²) in [6, 6.07) is 0. The standard InChI is InChI=1S/C32H56O5Si/c1-9-36-26(33)15-19-32(35)25-11-10-22(25)27-23-13-18-31(34)20-21(37-38(7,8)28(2,3)4)12-16-29(31,5)24(23)14-17-30(27,32)6/h21-25,27,34-35H,9-20H2,1-8H3/t21-,22+,23+,24-,25-,27-,29+,30-,31-,32-/m0/s1. The molecule has 0 aromatic heterocycles. The van der Waals surface area contributed by atoms with Crippen molar-refractivity contribution < 1.29 is 24.2 Å². The average molecular weight is 549 g/mol. The van der Waals surface area contributed by atoms with E-state index in [2.05, 4.69) is 47.7 Å². The van der Waals surface area contributed by atoms with Gasteiger partial charge < -0.3 is 19.4 Å². The smallest absolute Gasteiger partial charge is 0.305 e. The van der Waals surface area contributed by atoms with Crippen molar-refractivity contribution in [3.8, 4) is 0 Å². The van der Waals surface area contributed by atoms with E-state index in [1.54, 1.807) is 0 Å². The van der Waals surface area contributed by atoms with Crippen LogP contribution in [0.2, 0.25) is 18.1 Å². The summed E-state index contributed by atoms with van der Waals surface area (Å²) in [6.45, 7) is 18.6. The van der Waals surface area contributed by atoms with Gasteiger partial charge in [0.25, 0.3) is 0 Å². The van der Waals surface area contributed by atoms with Gasteiger partial charge in [0.05, 0.1) is 17.8 Å². The molecule has 38 heavy (non-hydrogen) atoms. The van der Waals surface area contributed by atoms with Crippen molar-refractivity contribution in [2.75, 3.05) is 6.61 Å². The lowest BCUT2D eigenvalue weighted by atomic mass is 9.42. The minimum atomic E-state index is -1.89. The van der Waals surface area contributed by atoms with Crippen LogP contribution in [-0.4, -0.2) is 48.4 Å². The Hall–Kier alpha value is -0.433. The van der Waals surface area contributed by atoms with Gasteiger partial charge in [-0.1, -0.05) is 34.6 Å². The molecular weight excluding hydrogens is 492 g/mol. The predicted octanol–water partition coefficient (Wildman–Crippen LogP) is 6.85. The van der Waals surface area contributed by atoms with Gasteiger partial charge in [0.15, 0.2) is 8.32 Å². The third kappa shape index (κ3) is 4.04. The molecule has 6 heteroatoms. The molecule has 0 spiro atoms. The van der Waals surface area contributed by atoms with Crippen LogP contribution in [0.1, 0.15) is 112 Å². The predicted molar refractivity (Wildman–Crippen MR) is 153 cm³/mol. The van der Waals surface area contributed by atoms with E-state index < -0.39 is 19.5 Å². The molecular formula is C32H56O5Si. The molecule has 0 bridgehead atoms. The van der Waals surface area contributed by atoms with Gasteiger partial charge in [0, 0.05) is 18.9 Å². The molecule has 2 N–H and O–H groups in total. The Kier molecular flexibility index (Phi) is 7.11. The number of hydrogen-bond donors (Lipinski definition) is 2. The van der Waals surface area contributed by atoms with Gasteiger partial charge >= 0.3 is 5.97 Å². The van der Waals surface area contributed by atoms with Crippen LogP contribution in [0.3, 0.4) is 0 Å². The molecule has 5 aliphatic carbocycles. The fraction of sp³-hybridized carbons (Fsp3) is 0.969. The van der Waals surface area contributed by atoms with E-state index in [4.69, 9.17) is 9.16 Å². The molecule has 0 amide bonds. The maximum atomic E-state index is 12.3. The van der Waals surface area contributed by atoms with Gasteiger partial charge in [-0.05, 0) is 123 Å². The summed E-state index contributed by atoms with van der Waals surface area (Å²) in [7, 11) is -1.89. The molecule has 5 saturated carbocycles. The Morgan fingerprint density at radius 2 is 1.58 bits per heavy atom. The summed E-state index contributed by atoms with van der Waals surface area (Å²) in [5.41, 5.74) is -1.68. The van der Waals surface area contributed by atoms with E-state index in [1.807, 2.05) is 6.92 Å². The second kappa shape index (κ2) is 9.29. The molecule has 5 rings (SSSR count). The van der Waals surface area contributed by atoms with Crippen LogP contribution in [0.15, 0.2) is 0 Å². The molecule has 0 aromatic carbocycles. The third-order valence-corrected chi connectivity index (χ3v) is 18.2. The minimum absolute atomic E-state index is 0.0879. The van der Waals surface area contributed by atoms with Crippen molar-refractivity contribution in [2.24, 2.45) is 40.4 Å². The highest BCUT2D eigenvalue weighted by Gasteiger charge is 2.74. The highest BCUT2D eigenvalue weighted by atomic mass is 28.4. The maximum absolute atomic E-state index is 12.3. The fourth-order valence-electron chi connectivity index (χ4n) is 10.4. The van der Waals surface area contributed by atoms with Crippen molar-refractivity contribution in [3.05, 3.63) is 0 Å². The molecule has 0 saturated heterocycles. The molecule has 0 radical (unpaired) electrons. The number of aliphatic hydroxyl groups is 2. The Morgan fingerprint density at radius 1 is 0.921 bits per heavy atom. The van der Waals surface area contributed by atoms with E-state index in [1.165, 1.54) is 6.42 Å². The van der Waals surface area contributed by atoms with Crippen molar-refractivity contribution in [3.63, 3.8) is 0 Å². The van der Waals surface area contributed by atoms with Crippen LogP contribution in [0.5, 0.6) is 0 Å². The first kappa shape index (κ1) is 29.1. The van der Waals surface area contributed by atoms with Gasteiger partial charge in [0.2, 0.25) is 0 Å². The zero-order valence-corrected chi connectivity index (χ0v) is 26.6. The number of rotatable bonds is 6. The zero-order chi connectivity index (χ0) is 27.9. The zero-order valence-electron chi connectivity index (χ0n) is 25.6. The lowest BCUT2D eigenvalue weighted by molar-refractivity contribution is -0.228. The van der Waals surface area contributed by atoms with E-state index >= 15 is 0 Å². The number of hydrogen-bond acceptors (Lipinski definition) is 5. The summed E-state index contributed by atoms with van der Waals surface area (Å²) in [5, 5.41) is 24.8. The second-order valence-corrected chi connectivity index (χ2v) is 20.8. The van der Waals surface area contributed by atoms with E-state index in [9.17, 15) is 15.0 Å². The average Bonchev–Trinajstić information content (AvgIpc) is 2.91. The van der Waals surface area contributed by atoms with Gasteiger partial charge in [0.1, 0.15) is 0 Å². The van der Waals surface area contributed by atoms with Crippen LogP contribution >= 0.6 is 0 Å². The lowest BCUT2D eigenvalue weighted by Gasteiger charge is -2.65. The van der Waals surface area contributed by atoms with Gasteiger partial charge in [-0.2, -0.15) is 0 Å². The molecule has 218 valence electrons. The van der Waals surface area contributed by atoms with Gasteiger partial charge in [-0.15, -0.1) is 0 Å². The minimum Gasteiger partial charge on any atom is -0.466 e. The number of esters is 1. The number of fused-ring (bicyclic) bond motifs is 7. The van der Waals surface area contributed by atoms with Crippen LogP contribution in [0, 0.1) is 40.4 Å². The van der Waals surface area contributed by atoms with Gasteiger partial charge in [-0.25, -0.2) is 0 Å². The molecule has 5 fully saturated rings. The Morgan fingerprint density at radius 3 is 2.18 bits per heavy atom. The first-order chi connectivity index (χ1) is 17.5. The quantitative estimate of drug-likeness (QED) is 0.280. The third-order valence-electron chi connectivity index (χ3n) is 13.7. The summed E-state index contributed by atoms with van der Waals surface area (Å²) < 4.78 is 12.1. The molecule has 10 atom stereocenters. The first-order valence-corrected chi connectivity index (χ1v) is 18.7. The van der Waals surface area contributed by atoms with Gasteiger partial charge in [-0.3, -0.25) is 4.79 Å². The first-order valence-electron chi connectivity index (χ1n) is 15.8. The highest BCUT2D eigenvalue weighted by molar-refractivity contribution is 6.74. The lowest BCUT2D eigenvalue weighted by Crippen LogP contribution is -2.64. The summed E-state index contributed by atoms with van der Waals surface area (Å²) in [4.78, 5) is 12.3. The largest absolute Gasteiger partial charge is 0.466 e. The molecule has 0 aromatic rings. The van der Waals surface area contributed by atoms with E-state index in [-0.39, 0.29) is 27.9 Å². The Labute approximate surface area is 233 Å². The molecule has 5 aliphatic rings. The summed E-state index contributed by atoms with van der Waals surface area (Å²) in [5.74, 6) is 2.25. The van der Waals surface area contributed by atoms with Crippen molar-refractivity contribution in [1.29, 1.82) is 0 Å². The number of ether oxygens (including phenoxy) is 1. The van der Waals surface area contributed by atoms with Crippen LogP contribution in [0.25, 0.3) is 0 Å². The number of carbonyl (C=O) groups excluding carboxylic acids is 1. The topological polar surface area (TPSA) is 76.0 Å². The van der Waals surface area contributed by atoms with Crippen LogP contribution < -0.4 is 0 Å². The van der Waals surface area contributed by atoms with Crippen molar-refractivity contribution in [2.45, 2.75) is 148 Å². The van der Waals surface area contributed by atoms with Crippen LogP contribution in [0.4, 0.5) is 0 Å². The molecule has 0 aliphatic heterocycles. The second-order valence-electron chi connectivity index (χ2n) is 16.1. The summed E-state index contributed by atoms with van der Waals surface area (Å²) >= 11 is 0. The normalized spacial score (nSPS) is 48.3. The van der Waals surface area contributed by atoms with Crippen molar-refractivity contribution in [1.82, 2.24) is 0 Å².